The van der Waals surface area contributed by atoms with Crippen molar-refractivity contribution in [3.05, 3.63) is 63.1 Å². The molecule has 2 aliphatic heterocycles. The summed E-state index contributed by atoms with van der Waals surface area (Å²) in [6, 6.07) is 2.93. The number of fused-ring (bicyclic) bond motifs is 2. The quantitative estimate of drug-likeness (QED) is 0.693. The Labute approximate surface area is 163 Å². The van der Waals surface area contributed by atoms with Crippen LogP contribution in [0, 0.1) is 11.6 Å². The fraction of sp³-hybridized carbons (Fsp3) is 0.316. The molecule has 4 rings (SSSR count). The molecule has 8 nitrogen and oxygen atoms in total. The van der Waals surface area contributed by atoms with Crippen LogP contribution in [0.5, 0.6) is 5.75 Å². The maximum Gasteiger partial charge on any atom is 0.275 e. The highest BCUT2D eigenvalue weighted by molar-refractivity contribution is 5.99. The van der Waals surface area contributed by atoms with Gasteiger partial charge in [-0.1, -0.05) is 6.07 Å². The van der Waals surface area contributed by atoms with Gasteiger partial charge in [0.25, 0.3) is 11.8 Å². The molecule has 29 heavy (non-hydrogen) atoms. The van der Waals surface area contributed by atoms with Crippen LogP contribution < -0.4 is 16.1 Å². The molecule has 2 aromatic rings. The largest absolute Gasteiger partial charge is 0.503 e. The van der Waals surface area contributed by atoms with E-state index in [1.807, 2.05) is 0 Å². The first-order valence-corrected chi connectivity index (χ1v) is 9.09. The van der Waals surface area contributed by atoms with E-state index in [-0.39, 0.29) is 36.1 Å². The van der Waals surface area contributed by atoms with E-state index in [1.165, 1.54) is 16.8 Å². The first-order valence-electron chi connectivity index (χ1n) is 9.09. The predicted octanol–water partition coefficient (Wildman–Crippen LogP) is 0.537. The van der Waals surface area contributed by atoms with E-state index in [2.05, 4.69) is 10.6 Å². The third-order valence-corrected chi connectivity index (χ3v) is 5.12. The number of halogens is 2. The molecular weight excluding hydrogens is 386 g/mol. The van der Waals surface area contributed by atoms with Crippen molar-refractivity contribution in [2.45, 2.75) is 25.7 Å². The van der Waals surface area contributed by atoms with E-state index in [1.54, 1.807) is 4.90 Å². The molecule has 0 bridgehead atoms. The van der Waals surface area contributed by atoms with Gasteiger partial charge in [0.05, 0.1) is 6.54 Å². The van der Waals surface area contributed by atoms with Gasteiger partial charge in [-0.3, -0.25) is 19.7 Å². The molecule has 152 valence electrons. The van der Waals surface area contributed by atoms with Crippen LogP contribution in [0.25, 0.3) is 0 Å². The van der Waals surface area contributed by atoms with Crippen LogP contribution in [0.1, 0.15) is 32.8 Å². The van der Waals surface area contributed by atoms with Gasteiger partial charge in [-0.15, -0.1) is 0 Å². The van der Waals surface area contributed by atoms with Gasteiger partial charge in [-0.05, 0) is 19.0 Å². The molecule has 3 N–H and O–H groups in total. The van der Waals surface area contributed by atoms with Crippen molar-refractivity contribution in [2.24, 2.45) is 0 Å². The monoisotopic (exact) mass is 404 g/mol. The minimum absolute atomic E-state index is 0.0410. The summed E-state index contributed by atoms with van der Waals surface area (Å²) in [5.74, 6) is -3.69. The molecule has 1 aromatic heterocycles. The number of benzene rings is 1. The summed E-state index contributed by atoms with van der Waals surface area (Å²) in [5.41, 5.74) is -1.47. The Morgan fingerprint density at radius 1 is 1.31 bits per heavy atom. The second-order valence-corrected chi connectivity index (χ2v) is 6.96. The van der Waals surface area contributed by atoms with Gasteiger partial charge in [-0.25, -0.2) is 8.78 Å². The highest BCUT2D eigenvalue weighted by Gasteiger charge is 2.37. The van der Waals surface area contributed by atoms with E-state index in [9.17, 15) is 28.3 Å². The van der Waals surface area contributed by atoms with Crippen molar-refractivity contribution in [3.63, 3.8) is 0 Å². The number of carbonyl (C=O) groups excluding carboxylic acids is 2. The van der Waals surface area contributed by atoms with Crippen molar-refractivity contribution in [2.75, 3.05) is 13.1 Å². The van der Waals surface area contributed by atoms with Crippen LogP contribution in [0.2, 0.25) is 0 Å². The predicted molar refractivity (Wildman–Crippen MR) is 97.3 cm³/mol. The average molecular weight is 404 g/mol. The molecule has 10 heteroatoms. The lowest BCUT2D eigenvalue weighted by Gasteiger charge is -2.41. The van der Waals surface area contributed by atoms with Gasteiger partial charge in [0.2, 0.25) is 5.43 Å². The van der Waals surface area contributed by atoms with Crippen LogP contribution in [0.4, 0.5) is 8.78 Å². The van der Waals surface area contributed by atoms with E-state index >= 15 is 0 Å². The summed E-state index contributed by atoms with van der Waals surface area (Å²) in [6.07, 6.45) is 1.68. The molecule has 1 atom stereocenters. The Morgan fingerprint density at radius 3 is 2.86 bits per heavy atom. The van der Waals surface area contributed by atoms with E-state index in [4.69, 9.17) is 0 Å². The number of nitrogens with zero attached hydrogens (tertiary/aromatic N) is 2. The number of pyridine rings is 1. The van der Waals surface area contributed by atoms with Gasteiger partial charge in [0.15, 0.2) is 11.4 Å². The second kappa shape index (κ2) is 7.28. The maximum atomic E-state index is 13.7. The number of hydrogen-bond donors (Lipinski definition) is 3. The molecule has 1 fully saturated rings. The van der Waals surface area contributed by atoms with Crippen LogP contribution in [0.15, 0.2) is 29.2 Å². The molecule has 0 saturated carbocycles. The van der Waals surface area contributed by atoms with Crippen molar-refractivity contribution < 1.29 is 23.5 Å². The SMILES string of the molecule is O=C(NCc1ccc(F)cc1F)c1cn2c(c(O)c1=O)C(=O)N1CCCNC1C2. The minimum Gasteiger partial charge on any atom is -0.503 e. The highest BCUT2D eigenvalue weighted by Crippen LogP contribution is 2.24. The smallest absolute Gasteiger partial charge is 0.275 e. The molecule has 2 aliphatic rings. The summed E-state index contributed by atoms with van der Waals surface area (Å²) in [5, 5.41) is 15.9. The second-order valence-electron chi connectivity index (χ2n) is 6.96. The zero-order valence-electron chi connectivity index (χ0n) is 15.2. The fourth-order valence-electron chi connectivity index (χ4n) is 3.63. The van der Waals surface area contributed by atoms with Crippen LogP contribution in [-0.2, 0) is 13.1 Å². The summed E-state index contributed by atoms with van der Waals surface area (Å²) in [4.78, 5) is 39.2. The van der Waals surface area contributed by atoms with Gasteiger partial charge in [-0.2, -0.15) is 0 Å². The van der Waals surface area contributed by atoms with E-state index in [0.29, 0.717) is 12.6 Å². The van der Waals surface area contributed by atoms with Crippen molar-refractivity contribution >= 4 is 11.8 Å². The van der Waals surface area contributed by atoms with Crippen molar-refractivity contribution in [1.29, 1.82) is 0 Å². The van der Waals surface area contributed by atoms with Crippen LogP contribution in [-0.4, -0.2) is 45.6 Å². The Balaban J connectivity index is 1.61. The number of hydrogen-bond acceptors (Lipinski definition) is 5. The highest BCUT2D eigenvalue weighted by atomic mass is 19.1. The number of aromatic nitrogens is 1. The molecule has 2 amide bonds. The molecule has 0 radical (unpaired) electrons. The van der Waals surface area contributed by atoms with Gasteiger partial charge in [0, 0.05) is 30.9 Å². The topological polar surface area (TPSA) is 104 Å². The van der Waals surface area contributed by atoms with E-state index in [0.717, 1.165) is 19.0 Å². The van der Waals surface area contributed by atoms with Crippen molar-refractivity contribution in [3.8, 4) is 5.75 Å². The zero-order chi connectivity index (χ0) is 20.7. The maximum absolute atomic E-state index is 13.7. The molecule has 3 heterocycles. The van der Waals surface area contributed by atoms with E-state index < -0.39 is 34.6 Å². The normalized spacial score (nSPS) is 18.2. The minimum atomic E-state index is -0.981. The summed E-state index contributed by atoms with van der Waals surface area (Å²) in [6.45, 7) is 1.23. The Morgan fingerprint density at radius 2 is 2.10 bits per heavy atom. The fourth-order valence-corrected chi connectivity index (χ4v) is 3.63. The third kappa shape index (κ3) is 3.35. The Kier molecular flexibility index (Phi) is 4.79. The third-order valence-electron chi connectivity index (χ3n) is 5.12. The summed E-state index contributed by atoms with van der Waals surface area (Å²) in [7, 11) is 0. The summed E-state index contributed by atoms with van der Waals surface area (Å²) < 4.78 is 28.1. The number of nitrogens with one attached hydrogen (secondary N) is 2. The van der Waals surface area contributed by atoms with Crippen molar-refractivity contribution in [1.82, 2.24) is 20.1 Å². The molecule has 1 unspecified atom stereocenters. The number of aromatic hydroxyl groups is 1. The molecule has 1 saturated heterocycles. The summed E-state index contributed by atoms with van der Waals surface area (Å²) >= 11 is 0. The number of rotatable bonds is 3. The lowest BCUT2D eigenvalue weighted by atomic mass is 10.1. The standard InChI is InChI=1S/C19H18F2N4O4/c20-11-3-2-10(13(21)6-11)7-23-18(28)12-8-24-9-14-22-4-1-5-25(14)19(29)15(24)17(27)16(12)26/h2-3,6,8,14,22,27H,1,4-5,7,9H2,(H,23,28). The molecule has 0 aliphatic carbocycles. The molecule has 1 aromatic carbocycles. The Bertz CT molecular complexity index is 1070. The van der Waals surface area contributed by atoms with Gasteiger partial charge < -0.3 is 19.9 Å². The Hall–Kier alpha value is -3.27. The van der Waals surface area contributed by atoms with Crippen LogP contribution in [0.3, 0.4) is 0 Å². The first kappa shape index (κ1) is 19.1. The first-order chi connectivity index (χ1) is 13.9. The number of amides is 2. The molecule has 0 spiro atoms. The zero-order valence-corrected chi connectivity index (χ0v) is 15.2. The average Bonchev–Trinajstić information content (AvgIpc) is 2.70. The van der Waals surface area contributed by atoms with Crippen LogP contribution >= 0.6 is 0 Å². The molecular formula is C19H18F2N4O4. The number of carbonyl (C=O) groups is 2. The lowest BCUT2D eigenvalue weighted by Crippen LogP contribution is -2.59. The van der Waals surface area contributed by atoms with Gasteiger partial charge >= 0.3 is 0 Å². The lowest BCUT2D eigenvalue weighted by molar-refractivity contribution is 0.0462. The van der Waals surface area contributed by atoms with Gasteiger partial charge in [0.1, 0.15) is 23.4 Å².